The van der Waals surface area contributed by atoms with Gasteiger partial charge in [0.15, 0.2) is 0 Å². The van der Waals surface area contributed by atoms with Crippen LogP contribution in [0.4, 0.5) is 0 Å². The Hall–Kier alpha value is -0.120. The molecule has 0 heterocycles. The van der Waals surface area contributed by atoms with E-state index in [1.54, 1.807) is 0 Å². The molecule has 0 saturated heterocycles. The Bertz CT molecular complexity index is 120. The molecule has 3 heteroatoms. The monoisotopic (exact) mass is 202 g/mol. The van der Waals surface area contributed by atoms with Gasteiger partial charge in [0, 0.05) is 19.7 Å². The molecular formula is C11H26N2O. The number of hydrogen-bond donors (Lipinski definition) is 2. The SMILES string of the molecule is CCCN(CC)CCNCC(C)CO. The van der Waals surface area contributed by atoms with E-state index in [1.165, 1.54) is 13.0 Å². The van der Waals surface area contributed by atoms with Crippen LogP contribution in [-0.2, 0) is 0 Å². The fourth-order valence-corrected chi connectivity index (χ4v) is 1.39. The summed E-state index contributed by atoms with van der Waals surface area (Å²) in [4.78, 5) is 2.44. The van der Waals surface area contributed by atoms with Gasteiger partial charge in [-0.05, 0) is 32.0 Å². The molecule has 0 rings (SSSR count). The lowest BCUT2D eigenvalue weighted by Gasteiger charge is -2.20. The fraction of sp³-hybridized carbons (Fsp3) is 1.00. The molecule has 0 bridgehead atoms. The zero-order chi connectivity index (χ0) is 10.8. The molecule has 0 aromatic rings. The van der Waals surface area contributed by atoms with Gasteiger partial charge in [-0.25, -0.2) is 0 Å². The molecule has 0 aromatic carbocycles. The van der Waals surface area contributed by atoms with Crippen molar-refractivity contribution in [1.82, 2.24) is 10.2 Å². The third kappa shape index (κ3) is 7.30. The van der Waals surface area contributed by atoms with Gasteiger partial charge in [0.2, 0.25) is 0 Å². The lowest BCUT2D eigenvalue weighted by molar-refractivity contribution is 0.229. The first kappa shape index (κ1) is 13.9. The zero-order valence-corrected chi connectivity index (χ0v) is 9.92. The predicted octanol–water partition coefficient (Wildman–Crippen LogP) is 0.936. The second kappa shape index (κ2) is 9.44. The molecule has 3 nitrogen and oxygen atoms in total. The van der Waals surface area contributed by atoms with Crippen molar-refractivity contribution in [2.45, 2.75) is 27.2 Å². The molecule has 14 heavy (non-hydrogen) atoms. The van der Waals surface area contributed by atoms with Crippen LogP contribution < -0.4 is 5.32 Å². The highest BCUT2D eigenvalue weighted by molar-refractivity contribution is 4.59. The van der Waals surface area contributed by atoms with Crippen LogP contribution in [0.15, 0.2) is 0 Å². The van der Waals surface area contributed by atoms with Crippen LogP contribution in [0.3, 0.4) is 0 Å². The summed E-state index contributed by atoms with van der Waals surface area (Å²) in [5, 5.41) is 12.2. The Kier molecular flexibility index (Phi) is 9.35. The molecule has 86 valence electrons. The third-order valence-electron chi connectivity index (χ3n) is 2.40. The van der Waals surface area contributed by atoms with E-state index in [1.807, 2.05) is 0 Å². The van der Waals surface area contributed by atoms with Crippen molar-refractivity contribution in [2.75, 3.05) is 39.3 Å². The number of aliphatic hydroxyl groups excluding tert-OH is 1. The normalized spacial score (nSPS) is 13.5. The number of nitrogens with zero attached hydrogens (tertiary/aromatic N) is 1. The molecule has 0 saturated carbocycles. The number of nitrogens with one attached hydrogen (secondary N) is 1. The molecule has 1 unspecified atom stereocenters. The molecule has 1 atom stereocenters. The Morgan fingerprint density at radius 1 is 1.29 bits per heavy atom. The summed E-state index contributed by atoms with van der Waals surface area (Å²) in [6, 6.07) is 0. The topological polar surface area (TPSA) is 35.5 Å². The minimum atomic E-state index is 0.277. The highest BCUT2D eigenvalue weighted by Crippen LogP contribution is 1.91. The molecule has 0 radical (unpaired) electrons. The van der Waals surface area contributed by atoms with Gasteiger partial charge in [-0.2, -0.15) is 0 Å². The van der Waals surface area contributed by atoms with Gasteiger partial charge >= 0.3 is 0 Å². The van der Waals surface area contributed by atoms with Gasteiger partial charge in [0.1, 0.15) is 0 Å². The predicted molar refractivity (Wildman–Crippen MR) is 61.5 cm³/mol. The van der Waals surface area contributed by atoms with Crippen molar-refractivity contribution in [3.8, 4) is 0 Å². The summed E-state index contributed by atoms with van der Waals surface area (Å²) in [6.45, 7) is 12.1. The molecule has 0 aliphatic rings. The minimum Gasteiger partial charge on any atom is -0.396 e. The van der Waals surface area contributed by atoms with E-state index in [0.29, 0.717) is 5.92 Å². The van der Waals surface area contributed by atoms with Gasteiger partial charge in [0.05, 0.1) is 0 Å². The Labute approximate surface area is 88.5 Å². The Morgan fingerprint density at radius 3 is 2.50 bits per heavy atom. The van der Waals surface area contributed by atoms with Crippen molar-refractivity contribution in [3.05, 3.63) is 0 Å². The second-order valence-electron chi connectivity index (χ2n) is 3.93. The lowest BCUT2D eigenvalue weighted by atomic mass is 10.2. The molecule has 0 aliphatic heterocycles. The Morgan fingerprint density at radius 2 is 2.00 bits per heavy atom. The average molecular weight is 202 g/mol. The molecule has 2 N–H and O–H groups in total. The van der Waals surface area contributed by atoms with Gasteiger partial charge in [0.25, 0.3) is 0 Å². The second-order valence-corrected chi connectivity index (χ2v) is 3.93. The first-order valence-corrected chi connectivity index (χ1v) is 5.78. The van der Waals surface area contributed by atoms with Gasteiger partial charge in [-0.15, -0.1) is 0 Å². The van der Waals surface area contributed by atoms with Crippen LogP contribution in [-0.4, -0.2) is 49.3 Å². The molecule has 0 aromatic heterocycles. The van der Waals surface area contributed by atoms with Crippen LogP contribution in [0, 0.1) is 5.92 Å². The highest BCUT2D eigenvalue weighted by atomic mass is 16.3. The molecule has 0 aliphatic carbocycles. The number of rotatable bonds is 9. The van der Waals surface area contributed by atoms with Gasteiger partial charge in [-0.1, -0.05) is 20.8 Å². The van der Waals surface area contributed by atoms with E-state index < -0.39 is 0 Å². The number of hydrogen-bond acceptors (Lipinski definition) is 3. The smallest absolute Gasteiger partial charge is 0.0468 e. The highest BCUT2D eigenvalue weighted by Gasteiger charge is 2.01. The fourth-order valence-electron chi connectivity index (χ4n) is 1.39. The van der Waals surface area contributed by atoms with Crippen LogP contribution in [0.2, 0.25) is 0 Å². The van der Waals surface area contributed by atoms with Crippen molar-refractivity contribution in [3.63, 3.8) is 0 Å². The zero-order valence-electron chi connectivity index (χ0n) is 9.92. The van der Waals surface area contributed by atoms with Crippen LogP contribution in [0.25, 0.3) is 0 Å². The van der Waals surface area contributed by atoms with Crippen LogP contribution in [0.1, 0.15) is 27.2 Å². The Balaban J connectivity index is 3.32. The first-order chi connectivity index (χ1) is 6.74. The maximum absolute atomic E-state index is 8.82. The van der Waals surface area contributed by atoms with Crippen molar-refractivity contribution in [1.29, 1.82) is 0 Å². The summed E-state index contributed by atoms with van der Waals surface area (Å²) in [5.41, 5.74) is 0. The third-order valence-corrected chi connectivity index (χ3v) is 2.40. The number of aliphatic hydroxyl groups is 1. The van der Waals surface area contributed by atoms with E-state index >= 15 is 0 Å². The minimum absolute atomic E-state index is 0.277. The van der Waals surface area contributed by atoms with E-state index in [4.69, 9.17) is 5.11 Å². The summed E-state index contributed by atoms with van der Waals surface area (Å²) in [6.07, 6.45) is 1.22. The summed E-state index contributed by atoms with van der Waals surface area (Å²) < 4.78 is 0. The van der Waals surface area contributed by atoms with Crippen molar-refractivity contribution >= 4 is 0 Å². The van der Waals surface area contributed by atoms with E-state index in [9.17, 15) is 0 Å². The quantitative estimate of drug-likeness (QED) is 0.546. The van der Waals surface area contributed by atoms with Gasteiger partial charge < -0.3 is 15.3 Å². The van der Waals surface area contributed by atoms with Crippen LogP contribution in [0.5, 0.6) is 0 Å². The van der Waals surface area contributed by atoms with Crippen molar-refractivity contribution in [2.24, 2.45) is 5.92 Å². The maximum Gasteiger partial charge on any atom is 0.0468 e. The molecule has 0 spiro atoms. The summed E-state index contributed by atoms with van der Waals surface area (Å²) in [7, 11) is 0. The standard InChI is InChI=1S/C11H26N2O/c1-4-7-13(5-2)8-6-12-9-11(3)10-14/h11-12,14H,4-10H2,1-3H3. The van der Waals surface area contributed by atoms with Crippen molar-refractivity contribution < 1.29 is 5.11 Å². The number of likely N-dealkylation sites (N-methyl/N-ethyl adjacent to an activating group) is 1. The summed E-state index contributed by atoms with van der Waals surface area (Å²) in [5.74, 6) is 0.372. The average Bonchev–Trinajstić information content (AvgIpc) is 2.22. The first-order valence-electron chi connectivity index (χ1n) is 5.78. The largest absolute Gasteiger partial charge is 0.396 e. The van der Waals surface area contributed by atoms with E-state index in [2.05, 4.69) is 31.0 Å². The van der Waals surface area contributed by atoms with E-state index in [-0.39, 0.29) is 6.61 Å². The summed E-state index contributed by atoms with van der Waals surface area (Å²) >= 11 is 0. The van der Waals surface area contributed by atoms with E-state index in [0.717, 1.165) is 26.2 Å². The molecule has 0 fully saturated rings. The lowest BCUT2D eigenvalue weighted by Crippen LogP contribution is -2.34. The van der Waals surface area contributed by atoms with Gasteiger partial charge in [-0.3, -0.25) is 0 Å². The molecule has 0 amide bonds. The maximum atomic E-state index is 8.82. The van der Waals surface area contributed by atoms with Crippen LogP contribution >= 0.6 is 0 Å². The molecular weight excluding hydrogens is 176 g/mol.